The Hall–Kier alpha value is -2.73. The summed E-state index contributed by atoms with van der Waals surface area (Å²) < 4.78 is 0. The number of benzene rings is 1. The zero-order valence-electron chi connectivity index (χ0n) is 17.9. The molecule has 0 aliphatic rings. The van der Waals surface area contributed by atoms with Crippen molar-refractivity contribution in [3.63, 3.8) is 0 Å². The lowest BCUT2D eigenvalue weighted by Crippen LogP contribution is -2.42. The molecule has 4 N–H and O–H groups in total. The van der Waals surface area contributed by atoms with Crippen LogP contribution in [0.5, 0.6) is 0 Å². The zero-order chi connectivity index (χ0) is 21.4. The van der Waals surface area contributed by atoms with Gasteiger partial charge in [0.05, 0.1) is 0 Å². The van der Waals surface area contributed by atoms with Gasteiger partial charge in [0.15, 0.2) is 0 Å². The predicted octanol–water partition coefficient (Wildman–Crippen LogP) is 3.08. The Morgan fingerprint density at radius 1 is 1.31 bits per heavy atom. The molecule has 6 nitrogen and oxygen atoms in total. The molecule has 2 atom stereocenters. The van der Waals surface area contributed by atoms with Crippen molar-refractivity contribution in [2.45, 2.75) is 38.6 Å². The fraction of sp³-hybridized carbons (Fsp3) is 0.435. The molecule has 156 valence electrons. The molecule has 1 aromatic heterocycles. The van der Waals surface area contributed by atoms with Crippen LogP contribution in [0.2, 0.25) is 0 Å². The highest BCUT2D eigenvalue weighted by atomic mass is 16.1. The van der Waals surface area contributed by atoms with E-state index in [1.807, 2.05) is 50.6 Å². The van der Waals surface area contributed by atoms with Crippen LogP contribution in [-0.2, 0) is 11.2 Å². The highest BCUT2D eigenvalue weighted by Crippen LogP contribution is 2.27. The minimum Gasteiger partial charge on any atom is -0.398 e. The van der Waals surface area contributed by atoms with Gasteiger partial charge in [0.2, 0.25) is 5.91 Å². The summed E-state index contributed by atoms with van der Waals surface area (Å²) in [6.45, 7) is 4.83. The normalized spacial score (nSPS) is 13.3. The summed E-state index contributed by atoms with van der Waals surface area (Å²) in [6.07, 6.45) is 6.09. The van der Waals surface area contributed by atoms with Gasteiger partial charge in [-0.3, -0.25) is 9.78 Å². The van der Waals surface area contributed by atoms with Gasteiger partial charge in [-0.05, 0) is 61.7 Å². The number of hydrogen-bond donors (Lipinski definition) is 3. The molecule has 6 heteroatoms. The summed E-state index contributed by atoms with van der Waals surface area (Å²) >= 11 is 0. The van der Waals surface area contributed by atoms with Crippen molar-refractivity contribution < 1.29 is 4.79 Å². The summed E-state index contributed by atoms with van der Waals surface area (Å²) in [5, 5.41) is 10.6. The molecule has 0 saturated heterocycles. The van der Waals surface area contributed by atoms with Crippen LogP contribution < -0.4 is 11.1 Å². The maximum absolute atomic E-state index is 12.7. The Morgan fingerprint density at radius 2 is 2.07 bits per heavy atom. The van der Waals surface area contributed by atoms with Gasteiger partial charge in [0.25, 0.3) is 0 Å². The summed E-state index contributed by atoms with van der Waals surface area (Å²) in [5.41, 5.74) is 9.41. The van der Waals surface area contributed by atoms with Crippen LogP contribution in [-0.4, -0.2) is 48.7 Å². The summed E-state index contributed by atoms with van der Waals surface area (Å²) in [6, 6.07) is 9.87. The van der Waals surface area contributed by atoms with Crippen molar-refractivity contribution in [3.05, 3.63) is 59.4 Å². The lowest BCUT2D eigenvalue weighted by Gasteiger charge is -2.26. The van der Waals surface area contributed by atoms with Gasteiger partial charge in [0.1, 0.15) is 0 Å². The highest BCUT2D eigenvalue weighted by molar-refractivity contribution is 5.85. The van der Waals surface area contributed by atoms with E-state index in [4.69, 9.17) is 11.1 Å². The monoisotopic (exact) mass is 395 g/mol. The largest absolute Gasteiger partial charge is 0.398 e. The quantitative estimate of drug-likeness (QED) is 0.425. The number of nitrogen functional groups attached to an aromatic ring is 1. The molecule has 2 rings (SSSR count). The van der Waals surface area contributed by atoms with E-state index in [-0.39, 0.29) is 17.9 Å². The SMILES string of the molecule is CC(C)C(CC(=O)NCC(Cc1ccc(N)c(C=N)c1)N(C)C)c1cccnc1. The Balaban J connectivity index is 1.99. The van der Waals surface area contributed by atoms with Gasteiger partial charge in [-0.25, -0.2) is 0 Å². The lowest BCUT2D eigenvalue weighted by atomic mass is 9.86. The third-order valence-electron chi connectivity index (χ3n) is 5.37. The molecule has 0 aliphatic heterocycles. The van der Waals surface area contributed by atoms with Crippen molar-refractivity contribution in [1.82, 2.24) is 15.2 Å². The lowest BCUT2D eigenvalue weighted by molar-refractivity contribution is -0.121. The Labute approximate surface area is 174 Å². The van der Waals surface area contributed by atoms with Crippen LogP contribution in [0.25, 0.3) is 0 Å². The fourth-order valence-corrected chi connectivity index (χ4v) is 3.42. The molecule has 0 fully saturated rings. The predicted molar refractivity (Wildman–Crippen MR) is 119 cm³/mol. The van der Waals surface area contributed by atoms with Gasteiger partial charge in [-0.1, -0.05) is 26.0 Å². The van der Waals surface area contributed by atoms with Gasteiger partial charge in [-0.15, -0.1) is 0 Å². The van der Waals surface area contributed by atoms with Crippen LogP contribution in [0.4, 0.5) is 5.69 Å². The van der Waals surface area contributed by atoms with Crippen LogP contribution in [0, 0.1) is 11.3 Å². The molecular weight excluding hydrogens is 362 g/mol. The second-order valence-corrected chi connectivity index (χ2v) is 8.07. The van der Waals surface area contributed by atoms with E-state index in [1.54, 1.807) is 6.20 Å². The first-order valence-corrected chi connectivity index (χ1v) is 10.0. The molecule has 0 radical (unpaired) electrons. The number of likely N-dealkylation sites (N-methyl/N-ethyl adjacent to an activating group) is 1. The van der Waals surface area contributed by atoms with Gasteiger partial charge < -0.3 is 21.4 Å². The third-order valence-corrected chi connectivity index (χ3v) is 5.37. The third kappa shape index (κ3) is 6.68. The number of pyridine rings is 1. The number of nitrogens with zero attached hydrogens (tertiary/aromatic N) is 2. The van der Waals surface area contributed by atoms with E-state index < -0.39 is 0 Å². The molecule has 2 unspecified atom stereocenters. The minimum absolute atomic E-state index is 0.0527. The average Bonchev–Trinajstić information content (AvgIpc) is 2.70. The Morgan fingerprint density at radius 3 is 2.66 bits per heavy atom. The minimum atomic E-state index is 0.0527. The number of hydrogen-bond acceptors (Lipinski definition) is 5. The number of carbonyl (C=O) groups is 1. The number of nitrogens with one attached hydrogen (secondary N) is 2. The van der Waals surface area contributed by atoms with E-state index in [0.717, 1.165) is 23.1 Å². The van der Waals surface area contributed by atoms with Crippen LogP contribution in [0.15, 0.2) is 42.7 Å². The van der Waals surface area contributed by atoms with E-state index in [9.17, 15) is 4.79 Å². The molecular formula is C23H33N5O. The summed E-state index contributed by atoms with van der Waals surface area (Å²) in [7, 11) is 4.02. The van der Waals surface area contributed by atoms with Gasteiger partial charge >= 0.3 is 0 Å². The topological polar surface area (TPSA) is 95.1 Å². The fourth-order valence-electron chi connectivity index (χ4n) is 3.42. The van der Waals surface area contributed by atoms with E-state index in [2.05, 4.69) is 29.0 Å². The smallest absolute Gasteiger partial charge is 0.220 e. The second-order valence-electron chi connectivity index (χ2n) is 8.07. The summed E-state index contributed by atoms with van der Waals surface area (Å²) in [5.74, 6) is 0.551. The molecule has 1 aromatic carbocycles. The standard InChI is InChI=1S/C23H33N5O/c1-16(2)21(18-6-5-9-26-14-18)12-23(29)27-15-20(28(3)4)11-17-7-8-22(25)19(10-17)13-24/h5-10,13-14,16,20-21,24H,11-12,15,25H2,1-4H3,(H,27,29). The van der Waals surface area contributed by atoms with E-state index >= 15 is 0 Å². The molecule has 0 aliphatic carbocycles. The Kier molecular flexibility index (Phi) is 8.34. The molecule has 1 heterocycles. The van der Waals surface area contributed by atoms with Crippen LogP contribution in [0.3, 0.4) is 0 Å². The van der Waals surface area contributed by atoms with Crippen LogP contribution >= 0.6 is 0 Å². The number of aromatic nitrogens is 1. The van der Waals surface area contributed by atoms with Gasteiger partial charge in [0, 0.05) is 48.9 Å². The number of nitrogens with two attached hydrogens (primary N) is 1. The Bertz CT molecular complexity index is 804. The van der Waals surface area contributed by atoms with E-state index in [1.165, 1.54) is 6.21 Å². The number of rotatable bonds is 10. The molecule has 0 bridgehead atoms. The highest BCUT2D eigenvalue weighted by Gasteiger charge is 2.21. The molecule has 29 heavy (non-hydrogen) atoms. The molecule has 2 aromatic rings. The number of carbonyl (C=O) groups excluding carboxylic acids is 1. The molecule has 0 saturated carbocycles. The number of amides is 1. The zero-order valence-corrected chi connectivity index (χ0v) is 17.9. The maximum Gasteiger partial charge on any atom is 0.220 e. The van der Waals surface area contributed by atoms with E-state index in [0.29, 0.717) is 24.6 Å². The van der Waals surface area contributed by atoms with Crippen molar-refractivity contribution in [2.24, 2.45) is 5.92 Å². The first-order chi connectivity index (χ1) is 13.8. The first-order valence-electron chi connectivity index (χ1n) is 10.0. The average molecular weight is 396 g/mol. The second kappa shape index (κ2) is 10.7. The van der Waals surface area contributed by atoms with Crippen molar-refractivity contribution in [2.75, 3.05) is 26.4 Å². The van der Waals surface area contributed by atoms with Crippen molar-refractivity contribution in [1.29, 1.82) is 5.41 Å². The van der Waals surface area contributed by atoms with Crippen molar-refractivity contribution in [3.8, 4) is 0 Å². The summed E-state index contributed by atoms with van der Waals surface area (Å²) in [4.78, 5) is 19.0. The van der Waals surface area contributed by atoms with Crippen molar-refractivity contribution >= 4 is 17.8 Å². The maximum atomic E-state index is 12.7. The first kappa shape index (κ1) is 22.6. The van der Waals surface area contributed by atoms with Crippen LogP contribution in [0.1, 0.15) is 42.9 Å². The van der Waals surface area contributed by atoms with Gasteiger partial charge in [-0.2, -0.15) is 0 Å². The molecule has 1 amide bonds. The molecule has 0 spiro atoms. The number of anilines is 1.